The van der Waals surface area contributed by atoms with Crippen LogP contribution in [0.25, 0.3) is 11.3 Å². The van der Waals surface area contributed by atoms with E-state index in [0.29, 0.717) is 34.7 Å². The number of nitrogens with two attached hydrogens (primary N) is 1. The average molecular weight is 283 g/mol. The van der Waals surface area contributed by atoms with Crippen LogP contribution in [0.2, 0.25) is 5.02 Å². The predicted molar refractivity (Wildman–Crippen MR) is 72.6 cm³/mol. The fourth-order valence-corrected chi connectivity index (χ4v) is 2.66. The molecule has 1 aliphatic heterocycles. The van der Waals surface area contributed by atoms with E-state index in [4.69, 9.17) is 26.8 Å². The molecule has 1 aromatic heterocycles. The van der Waals surface area contributed by atoms with Crippen LogP contribution in [0, 0.1) is 0 Å². The lowest BCUT2D eigenvalue weighted by Crippen LogP contribution is -1.97. The van der Waals surface area contributed by atoms with Gasteiger partial charge in [0.1, 0.15) is 10.7 Å². The zero-order valence-electron chi connectivity index (χ0n) is 9.48. The van der Waals surface area contributed by atoms with Gasteiger partial charge in [0.05, 0.1) is 23.7 Å². The van der Waals surface area contributed by atoms with Crippen molar-refractivity contribution in [2.45, 2.75) is 6.42 Å². The number of hydrogen-bond donors (Lipinski definition) is 1. The maximum atomic E-state index is 6.22. The van der Waals surface area contributed by atoms with Crippen LogP contribution in [-0.2, 0) is 0 Å². The molecule has 0 saturated carbocycles. The van der Waals surface area contributed by atoms with Gasteiger partial charge in [0.15, 0.2) is 11.5 Å². The molecule has 0 aliphatic carbocycles. The molecule has 0 unspecified atom stereocenters. The minimum Gasteiger partial charge on any atom is -0.489 e. The van der Waals surface area contributed by atoms with Crippen LogP contribution in [0.5, 0.6) is 11.5 Å². The highest BCUT2D eigenvalue weighted by atomic mass is 35.5. The molecule has 2 heterocycles. The first-order valence-corrected chi connectivity index (χ1v) is 6.80. The SMILES string of the molecule is Nc1scnc1-c1cc(Cl)c2c(c1)OCCCO2. The van der Waals surface area contributed by atoms with Crippen LogP contribution >= 0.6 is 22.9 Å². The summed E-state index contributed by atoms with van der Waals surface area (Å²) in [7, 11) is 0. The maximum Gasteiger partial charge on any atom is 0.179 e. The topological polar surface area (TPSA) is 57.4 Å². The molecule has 3 rings (SSSR count). The molecule has 0 fully saturated rings. The van der Waals surface area contributed by atoms with Crippen molar-refractivity contribution in [2.75, 3.05) is 18.9 Å². The van der Waals surface area contributed by atoms with Gasteiger partial charge in [0.2, 0.25) is 0 Å². The summed E-state index contributed by atoms with van der Waals surface area (Å²) in [4.78, 5) is 4.24. The first-order chi connectivity index (χ1) is 8.75. The van der Waals surface area contributed by atoms with Crippen LogP contribution in [-0.4, -0.2) is 18.2 Å². The number of anilines is 1. The van der Waals surface area contributed by atoms with Crippen molar-refractivity contribution < 1.29 is 9.47 Å². The molecule has 0 spiro atoms. The summed E-state index contributed by atoms with van der Waals surface area (Å²) in [6.45, 7) is 1.24. The quantitative estimate of drug-likeness (QED) is 0.872. The number of benzene rings is 1. The zero-order chi connectivity index (χ0) is 12.5. The number of nitrogens with zero attached hydrogens (tertiary/aromatic N) is 1. The molecule has 4 nitrogen and oxygen atoms in total. The van der Waals surface area contributed by atoms with E-state index in [0.717, 1.165) is 17.7 Å². The standard InChI is InChI=1S/C12H11ClN2O2S/c13-8-4-7(10-12(14)18-6-15-10)5-9-11(8)17-3-1-2-16-9/h4-6H,1-3,14H2. The smallest absolute Gasteiger partial charge is 0.179 e. The summed E-state index contributed by atoms with van der Waals surface area (Å²) in [6.07, 6.45) is 0.846. The van der Waals surface area contributed by atoms with Gasteiger partial charge < -0.3 is 15.2 Å². The van der Waals surface area contributed by atoms with Crippen molar-refractivity contribution in [3.63, 3.8) is 0 Å². The number of aromatic nitrogens is 1. The first-order valence-electron chi connectivity index (χ1n) is 5.54. The monoisotopic (exact) mass is 282 g/mol. The highest BCUT2D eigenvalue weighted by molar-refractivity contribution is 7.14. The van der Waals surface area contributed by atoms with Gasteiger partial charge in [0.25, 0.3) is 0 Å². The van der Waals surface area contributed by atoms with E-state index in [1.54, 1.807) is 11.6 Å². The highest BCUT2D eigenvalue weighted by Gasteiger charge is 2.17. The summed E-state index contributed by atoms with van der Waals surface area (Å²) in [5.74, 6) is 1.26. The van der Waals surface area contributed by atoms with Gasteiger partial charge in [-0.15, -0.1) is 11.3 Å². The largest absolute Gasteiger partial charge is 0.489 e. The Morgan fingerprint density at radius 2 is 2.11 bits per heavy atom. The van der Waals surface area contributed by atoms with E-state index in [9.17, 15) is 0 Å². The van der Waals surface area contributed by atoms with Gasteiger partial charge in [0, 0.05) is 12.0 Å². The van der Waals surface area contributed by atoms with Crippen LogP contribution in [0.4, 0.5) is 5.00 Å². The van der Waals surface area contributed by atoms with Crippen molar-refractivity contribution in [3.8, 4) is 22.8 Å². The summed E-state index contributed by atoms with van der Waals surface area (Å²) in [5, 5.41) is 1.19. The number of fused-ring (bicyclic) bond motifs is 1. The van der Waals surface area contributed by atoms with Crippen molar-refractivity contribution in [1.82, 2.24) is 4.98 Å². The summed E-state index contributed by atoms with van der Waals surface area (Å²) in [5.41, 5.74) is 9.16. The summed E-state index contributed by atoms with van der Waals surface area (Å²) in [6, 6.07) is 3.68. The Morgan fingerprint density at radius 1 is 1.28 bits per heavy atom. The highest BCUT2D eigenvalue weighted by Crippen LogP contribution is 2.41. The Balaban J connectivity index is 2.11. The Morgan fingerprint density at radius 3 is 2.89 bits per heavy atom. The van der Waals surface area contributed by atoms with E-state index >= 15 is 0 Å². The van der Waals surface area contributed by atoms with Crippen LogP contribution in [0.1, 0.15) is 6.42 Å². The van der Waals surface area contributed by atoms with E-state index in [-0.39, 0.29) is 0 Å². The van der Waals surface area contributed by atoms with Crippen molar-refractivity contribution >= 4 is 27.9 Å². The predicted octanol–water partition coefficient (Wildman–Crippen LogP) is 3.21. The molecule has 18 heavy (non-hydrogen) atoms. The van der Waals surface area contributed by atoms with Gasteiger partial charge >= 0.3 is 0 Å². The lowest BCUT2D eigenvalue weighted by molar-refractivity contribution is 0.297. The minimum atomic E-state index is 0.525. The molecule has 0 atom stereocenters. The second-order valence-electron chi connectivity index (χ2n) is 3.90. The van der Waals surface area contributed by atoms with Gasteiger partial charge in [-0.25, -0.2) is 4.98 Å². The third-order valence-corrected chi connectivity index (χ3v) is 3.61. The molecule has 0 radical (unpaired) electrons. The number of ether oxygens (including phenoxy) is 2. The average Bonchev–Trinajstić information content (AvgIpc) is 2.63. The van der Waals surface area contributed by atoms with Gasteiger partial charge in [-0.1, -0.05) is 11.6 Å². The van der Waals surface area contributed by atoms with E-state index < -0.39 is 0 Å². The second-order valence-corrected chi connectivity index (χ2v) is 5.19. The Kier molecular flexibility index (Phi) is 3.01. The number of thiazole rings is 1. The number of nitrogen functional groups attached to an aromatic ring is 1. The molecule has 6 heteroatoms. The molecule has 0 bridgehead atoms. The van der Waals surface area contributed by atoms with Gasteiger partial charge in [-0.3, -0.25) is 0 Å². The fourth-order valence-electron chi connectivity index (χ4n) is 1.84. The molecular formula is C12H11ClN2O2S. The third kappa shape index (κ3) is 2.00. The lowest BCUT2D eigenvalue weighted by atomic mass is 10.1. The maximum absolute atomic E-state index is 6.22. The molecule has 2 aromatic rings. The molecule has 94 valence electrons. The summed E-state index contributed by atoms with van der Waals surface area (Å²) < 4.78 is 11.2. The molecule has 1 aromatic carbocycles. The third-order valence-electron chi connectivity index (χ3n) is 2.67. The zero-order valence-corrected chi connectivity index (χ0v) is 11.1. The van der Waals surface area contributed by atoms with Gasteiger partial charge in [-0.2, -0.15) is 0 Å². The molecular weight excluding hydrogens is 272 g/mol. The van der Waals surface area contributed by atoms with E-state index in [1.165, 1.54) is 11.3 Å². The minimum absolute atomic E-state index is 0.525. The molecule has 0 amide bonds. The molecule has 1 aliphatic rings. The fraction of sp³-hybridized carbons (Fsp3) is 0.250. The Hall–Kier alpha value is -1.46. The second kappa shape index (κ2) is 4.66. The van der Waals surface area contributed by atoms with E-state index in [2.05, 4.69) is 4.98 Å². The van der Waals surface area contributed by atoms with Crippen LogP contribution in [0.3, 0.4) is 0 Å². The Bertz CT molecular complexity index is 585. The van der Waals surface area contributed by atoms with Gasteiger partial charge in [-0.05, 0) is 12.1 Å². The lowest BCUT2D eigenvalue weighted by Gasteiger charge is -2.10. The first kappa shape index (κ1) is 11.6. The number of rotatable bonds is 1. The van der Waals surface area contributed by atoms with Crippen molar-refractivity contribution in [3.05, 3.63) is 22.7 Å². The van der Waals surface area contributed by atoms with E-state index in [1.807, 2.05) is 6.07 Å². The van der Waals surface area contributed by atoms with Crippen molar-refractivity contribution in [1.29, 1.82) is 0 Å². The van der Waals surface area contributed by atoms with Crippen LogP contribution in [0.15, 0.2) is 17.6 Å². The van der Waals surface area contributed by atoms with Crippen molar-refractivity contribution in [2.24, 2.45) is 0 Å². The molecule has 2 N–H and O–H groups in total. The number of halogens is 1. The summed E-state index contributed by atoms with van der Waals surface area (Å²) >= 11 is 7.62. The molecule has 0 saturated heterocycles. The normalized spacial score (nSPS) is 14.3. The Labute approximate surface area is 113 Å². The number of hydrogen-bond acceptors (Lipinski definition) is 5. The van der Waals surface area contributed by atoms with Crippen LogP contribution < -0.4 is 15.2 Å².